The molecule has 0 fully saturated rings. The van der Waals surface area contributed by atoms with Crippen LogP contribution < -0.4 is 10.1 Å². The van der Waals surface area contributed by atoms with Gasteiger partial charge in [-0.2, -0.15) is 5.26 Å². The lowest BCUT2D eigenvalue weighted by Gasteiger charge is -2.13. The fraction of sp³-hybridized carbons (Fsp3) is 0.250. The molecule has 1 aromatic heterocycles. The quantitative estimate of drug-likeness (QED) is 0.874. The van der Waals surface area contributed by atoms with Crippen molar-refractivity contribution >= 4 is 0 Å². The van der Waals surface area contributed by atoms with Gasteiger partial charge in [-0.1, -0.05) is 18.2 Å². The molecule has 0 unspecified atom stereocenters. The number of ether oxygens (including phenoxy) is 1. The first-order valence-electron chi connectivity index (χ1n) is 6.52. The van der Waals surface area contributed by atoms with Crippen LogP contribution in [0.1, 0.15) is 24.2 Å². The summed E-state index contributed by atoms with van der Waals surface area (Å²) in [5, 5.41) is 11.9. The van der Waals surface area contributed by atoms with Crippen molar-refractivity contribution in [2.24, 2.45) is 0 Å². The summed E-state index contributed by atoms with van der Waals surface area (Å²) in [6, 6.07) is 15.8. The van der Waals surface area contributed by atoms with Gasteiger partial charge in [0.1, 0.15) is 11.8 Å². The average Bonchev–Trinajstić information content (AvgIpc) is 2.52. The fourth-order valence-corrected chi connectivity index (χ4v) is 1.87. The molecule has 2 rings (SSSR count). The Morgan fingerprint density at radius 3 is 2.95 bits per heavy atom. The molecule has 4 heteroatoms. The highest BCUT2D eigenvalue weighted by atomic mass is 16.5. The first kappa shape index (κ1) is 14.0. The van der Waals surface area contributed by atoms with E-state index < -0.39 is 0 Å². The van der Waals surface area contributed by atoms with Crippen LogP contribution in [0.2, 0.25) is 0 Å². The van der Waals surface area contributed by atoms with E-state index in [1.54, 1.807) is 6.20 Å². The lowest BCUT2D eigenvalue weighted by atomic mass is 10.1. The smallest absolute Gasteiger partial charge is 0.174 e. The van der Waals surface area contributed by atoms with Gasteiger partial charge >= 0.3 is 0 Å². The third kappa shape index (κ3) is 4.08. The van der Waals surface area contributed by atoms with Crippen LogP contribution in [0, 0.1) is 11.3 Å². The number of benzene rings is 1. The van der Waals surface area contributed by atoms with Gasteiger partial charge in [0.25, 0.3) is 0 Å². The Bertz CT molecular complexity index is 578. The highest BCUT2D eigenvalue weighted by Crippen LogP contribution is 2.15. The number of pyridine rings is 1. The standard InChI is InChI=1S/C16H17N3O/c1-13(16-7-2-3-9-18-16)19-12-14-5-4-6-15(11-14)20-10-8-17/h2-7,9,11,13,19H,10,12H2,1H3/t13-/m0/s1. The second-order valence-electron chi connectivity index (χ2n) is 4.45. The Balaban J connectivity index is 1.92. The molecule has 0 bridgehead atoms. The molecule has 0 aliphatic heterocycles. The van der Waals surface area contributed by atoms with Crippen LogP contribution in [0.4, 0.5) is 0 Å². The van der Waals surface area contributed by atoms with Crippen LogP contribution >= 0.6 is 0 Å². The Morgan fingerprint density at radius 2 is 2.20 bits per heavy atom. The zero-order valence-electron chi connectivity index (χ0n) is 11.4. The van der Waals surface area contributed by atoms with Gasteiger partial charge in [0, 0.05) is 18.8 Å². The lowest BCUT2D eigenvalue weighted by molar-refractivity contribution is 0.367. The summed E-state index contributed by atoms with van der Waals surface area (Å²) in [5.41, 5.74) is 2.13. The van der Waals surface area contributed by atoms with Gasteiger partial charge < -0.3 is 10.1 Å². The summed E-state index contributed by atoms with van der Waals surface area (Å²) < 4.78 is 5.29. The fourth-order valence-electron chi connectivity index (χ4n) is 1.87. The maximum atomic E-state index is 8.50. The van der Waals surface area contributed by atoms with Crippen LogP contribution in [0.15, 0.2) is 48.7 Å². The van der Waals surface area contributed by atoms with E-state index in [0.717, 1.165) is 23.6 Å². The van der Waals surface area contributed by atoms with Crippen molar-refractivity contribution in [1.29, 1.82) is 5.26 Å². The second kappa shape index (κ2) is 7.27. The maximum absolute atomic E-state index is 8.50. The van der Waals surface area contributed by atoms with Gasteiger partial charge in [0.15, 0.2) is 6.61 Å². The van der Waals surface area contributed by atoms with Crippen LogP contribution in [0.3, 0.4) is 0 Å². The zero-order valence-corrected chi connectivity index (χ0v) is 11.4. The number of nitrogens with zero attached hydrogens (tertiary/aromatic N) is 2. The molecule has 20 heavy (non-hydrogen) atoms. The normalized spacial score (nSPS) is 11.6. The minimum atomic E-state index is 0.0707. The number of rotatable bonds is 6. The Labute approximate surface area is 119 Å². The van der Waals surface area contributed by atoms with E-state index in [4.69, 9.17) is 10.00 Å². The van der Waals surface area contributed by atoms with Crippen LogP contribution in [-0.4, -0.2) is 11.6 Å². The van der Waals surface area contributed by atoms with Crippen molar-refractivity contribution in [2.75, 3.05) is 6.61 Å². The topological polar surface area (TPSA) is 57.9 Å². The lowest BCUT2D eigenvalue weighted by Crippen LogP contribution is -2.18. The van der Waals surface area contributed by atoms with Gasteiger partial charge in [-0.25, -0.2) is 0 Å². The monoisotopic (exact) mass is 267 g/mol. The van der Waals surface area contributed by atoms with E-state index in [1.165, 1.54) is 0 Å². The summed E-state index contributed by atoms with van der Waals surface area (Å²) in [5.74, 6) is 0.719. The van der Waals surface area contributed by atoms with E-state index in [9.17, 15) is 0 Å². The number of nitrogens with one attached hydrogen (secondary N) is 1. The van der Waals surface area contributed by atoms with E-state index in [0.29, 0.717) is 0 Å². The average molecular weight is 267 g/mol. The number of aromatic nitrogens is 1. The minimum Gasteiger partial charge on any atom is -0.479 e. The molecule has 0 radical (unpaired) electrons. The molecule has 1 atom stereocenters. The first-order valence-corrected chi connectivity index (χ1v) is 6.52. The molecule has 0 amide bonds. The molecule has 0 aliphatic rings. The number of nitriles is 1. The van der Waals surface area contributed by atoms with Gasteiger partial charge in [-0.05, 0) is 36.8 Å². The summed E-state index contributed by atoms with van der Waals surface area (Å²) in [4.78, 5) is 4.33. The maximum Gasteiger partial charge on any atom is 0.174 e. The predicted molar refractivity (Wildman–Crippen MR) is 77.0 cm³/mol. The SMILES string of the molecule is C[C@H](NCc1cccc(OCC#N)c1)c1ccccn1. The van der Waals surface area contributed by atoms with Crippen molar-refractivity contribution in [3.05, 3.63) is 59.9 Å². The van der Waals surface area contributed by atoms with E-state index in [-0.39, 0.29) is 12.6 Å². The van der Waals surface area contributed by atoms with Gasteiger partial charge in [-0.15, -0.1) is 0 Å². The Morgan fingerprint density at radius 1 is 1.30 bits per heavy atom. The summed E-state index contributed by atoms with van der Waals surface area (Å²) in [7, 11) is 0. The Hall–Kier alpha value is -2.38. The van der Waals surface area contributed by atoms with E-state index in [2.05, 4.69) is 17.2 Å². The molecule has 1 N–H and O–H groups in total. The zero-order chi connectivity index (χ0) is 14.2. The number of hydrogen-bond acceptors (Lipinski definition) is 4. The highest BCUT2D eigenvalue weighted by Gasteiger charge is 2.05. The largest absolute Gasteiger partial charge is 0.479 e. The summed E-state index contributed by atoms with van der Waals surface area (Å²) in [6.45, 7) is 2.88. The van der Waals surface area contributed by atoms with Crippen molar-refractivity contribution in [1.82, 2.24) is 10.3 Å². The van der Waals surface area contributed by atoms with Crippen molar-refractivity contribution in [2.45, 2.75) is 19.5 Å². The third-order valence-electron chi connectivity index (χ3n) is 2.95. The second-order valence-corrected chi connectivity index (χ2v) is 4.45. The molecule has 1 aromatic carbocycles. The highest BCUT2D eigenvalue weighted by molar-refractivity contribution is 5.28. The molecule has 0 saturated carbocycles. The molecule has 0 spiro atoms. The van der Waals surface area contributed by atoms with Crippen LogP contribution in [-0.2, 0) is 6.54 Å². The molecular formula is C16H17N3O. The van der Waals surface area contributed by atoms with Crippen molar-refractivity contribution in [3.8, 4) is 11.8 Å². The van der Waals surface area contributed by atoms with E-state index in [1.807, 2.05) is 48.5 Å². The van der Waals surface area contributed by atoms with Crippen LogP contribution in [0.5, 0.6) is 5.75 Å². The predicted octanol–water partition coefficient (Wildman–Crippen LogP) is 2.83. The summed E-state index contributed by atoms with van der Waals surface area (Å²) in [6.07, 6.45) is 1.80. The molecule has 2 aromatic rings. The van der Waals surface area contributed by atoms with E-state index >= 15 is 0 Å². The molecule has 0 saturated heterocycles. The van der Waals surface area contributed by atoms with Crippen molar-refractivity contribution < 1.29 is 4.74 Å². The van der Waals surface area contributed by atoms with Gasteiger partial charge in [-0.3, -0.25) is 4.98 Å². The minimum absolute atomic E-state index is 0.0707. The first-order chi connectivity index (χ1) is 9.79. The van der Waals surface area contributed by atoms with Crippen molar-refractivity contribution in [3.63, 3.8) is 0 Å². The Kier molecular flexibility index (Phi) is 5.10. The number of hydrogen-bond donors (Lipinski definition) is 1. The molecule has 0 aliphatic carbocycles. The van der Waals surface area contributed by atoms with Crippen LogP contribution in [0.25, 0.3) is 0 Å². The van der Waals surface area contributed by atoms with Gasteiger partial charge in [0.2, 0.25) is 0 Å². The molecule has 1 heterocycles. The third-order valence-corrected chi connectivity index (χ3v) is 2.95. The molecule has 102 valence electrons. The molecular weight excluding hydrogens is 250 g/mol. The molecule has 4 nitrogen and oxygen atoms in total. The van der Waals surface area contributed by atoms with Gasteiger partial charge in [0.05, 0.1) is 5.69 Å². The summed E-state index contributed by atoms with van der Waals surface area (Å²) >= 11 is 0.